The molecule has 0 heterocycles. The molecule has 0 aliphatic heterocycles. The third-order valence-corrected chi connectivity index (χ3v) is 13.1. The predicted octanol–water partition coefficient (Wildman–Crippen LogP) is 16.5. The normalized spacial score (nSPS) is 11.2. The van der Waals surface area contributed by atoms with Crippen molar-refractivity contribution in [2.24, 2.45) is 0 Å². The number of benzene rings is 3. The Bertz CT molecular complexity index is 1870. The Morgan fingerprint density at radius 2 is 0.556 bits per heavy atom. The van der Waals surface area contributed by atoms with Gasteiger partial charge in [-0.15, -0.1) is 0 Å². The molecule has 9 nitrogen and oxygen atoms in total. The van der Waals surface area contributed by atoms with E-state index in [0.29, 0.717) is 71.4 Å². The summed E-state index contributed by atoms with van der Waals surface area (Å²) in [6.07, 6.45) is 26.0. The quantitative estimate of drug-likeness (QED) is 0.0237. The number of carbonyl (C=O) groups is 3. The van der Waals surface area contributed by atoms with Gasteiger partial charge in [-0.1, -0.05) is 207 Å². The topological polar surface area (TPSA) is 107 Å². The van der Waals surface area contributed by atoms with Crippen molar-refractivity contribution in [2.75, 3.05) is 52.9 Å². The van der Waals surface area contributed by atoms with Crippen LogP contribution in [0, 0.1) is 0 Å². The Kier molecular flexibility index (Phi) is 35.0. The first-order chi connectivity index (χ1) is 35.0. The SMILES string of the molecule is C=C(C(=O)OCCCCCCCCCCOCC(COCCCCCCCCCCOC(=O)C(=C)c1ccc(Cl)cc1)OCCCCCCCCCCOC(=O)C(=C)c1ccc(Cl)cc1)c1ccc(Cl)cc1. The highest BCUT2D eigenvalue weighted by Gasteiger charge is 2.14. The lowest BCUT2D eigenvalue weighted by Gasteiger charge is -2.18. The van der Waals surface area contributed by atoms with Crippen molar-refractivity contribution in [3.63, 3.8) is 0 Å². The molecule has 72 heavy (non-hydrogen) atoms. The zero-order chi connectivity index (χ0) is 51.9. The number of carbonyl (C=O) groups excluding carboxylic acids is 3. The monoisotopic (exact) mass is 1050 g/mol. The van der Waals surface area contributed by atoms with Crippen LogP contribution < -0.4 is 0 Å². The molecule has 0 atom stereocenters. The molecule has 0 N–H and O–H groups in total. The second-order valence-electron chi connectivity index (χ2n) is 18.5. The Balaban J connectivity index is 1.19. The molecular weight excluding hydrogens is 971 g/mol. The third kappa shape index (κ3) is 29.7. The smallest absolute Gasteiger partial charge is 0.338 e. The van der Waals surface area contributed by atoms with Crippen LogP contribution in [-0.4, -0.2) is 76.9 Å². The number of esters is 3. The van der Waals surface area contributed by atoms with Crippen molar-refractivity contribution in [1.29, 1.82) is 0 Å². The molecule has 0 amide bonds. The van der Waals surface area contributed by atoms with Crippen LogP contribution in [0.2, 0.25) is 15.1 Å². The van der Waals surface area contributed by atoms with E-state index < -0.39 is 0 Å². The van der Waals surface area contributed by atoms with E-state index >= 15 is 0 Å². The van der Waals surface area contributed by atoms with Gasteiger partial charge in [-0.2, -0.15) is 0 Å². The molecule has 0 aliphatic rings. The zero-order valence-electron chi connectivity index (χ0n) is 43.1. The van der Waals surface area contributed by atoms with Gasteiger partial charge in [0.2, 0.25) is 0 Å². The van der Waals surface area contributed by atoms with Crippen LogP contribution in [0.5, 0.6) is 0 Å². The number of rotatable bonds is 44. The first-order valence-electron chi connectivity index (χ1n) is 26.7. The summed E-state index contributed by atoms with van der Waals surface area (Å²) in [7, 11) is 0. The minimum Gasteiger partial charge on any atom is -0.462 e. The summed E-state index contributed by atoms with van der Waals surface area (Å²) in [5, 5.41) is 1.85. The van der Waals surface area contributed by atoms with Crippen LogP contribution in [0.1, 0.15) is 171 Å². The highest BCUT2D eigenvalue weighted by atomic mass is 35.5. The summed E-state index contributed by atoms with van der Waals surface area (Å²) in [5.74, 6) is -1.14. The minimum atomic E-state index is -0.381. The molecule has 3 aromatic rings. The highest BCUT2D eigenvalue weighted by Crippen LogP contribution is 2.21. The zero-order valence-corrected chi connectivity index (χ0v) is 45.3. The van der Waals surface area contributed by atoms with E-state index in [1.54, 1.807) is 72.8 Å². The lowest BCUT2D eigenvalue weighted by molar-refractivity contribution is -0.137. The molecule has 0 saturated heterocycles. The van der Waals surface area contributed by atoms with Gasteiger partial charge in [0.05, 0.1) is 49.8 Å². The fraction of sp³-hybridized carbons (Fsp3) is 0.550. The van der Waals surface area contributed by atoms with E-state index in [2.05, 4.69) is 19.7 Å². The first-order valence-corrected chi connectivity index (χ1v) is 27.8. The van der Waals surface area contributed by atoms with Crippen LogP contribution in [0.4, 0.5) is 0 Å². The minimum absolute atomic E-state index is 0.0768. The average Bonchev–Trinajstić information content (AvgIpc) is 3.38. The number of unbranched alkanes of at least 4 members (excludes halogenated alkanes) is 21. The van der Waals surface area contributed by atoms with Gasteiger partial charge in [0, 0.05) is 34.9 Å². The van der Waals surface area contributed by atoms with Gasteiger partial charge in [-0.25, -0.2) is 14.4 Å². The lowest BCUT2D eigenvalue weighted by Crippen LogP contribution is -2.26. The van der Waals surface area contributed by atoms with Crippen LogP contribution >= 0.6 is 34.8 Å². The van der Waals surface area contributed by atoms with Gasteiger partial charge >= 0.3 is 17.9 Å². The van der Waals surface area contributed by atoms with Crippen molar-refractivity contribution in [1.82, 2.24) is 0 Å². The summed E-state index contributed by atoms with van der Waals surface area (Å²) >= 11 is 17.8. The largest absolute Gasteiger partial charge is 0.462 e. The maximum absolute atomic E-state index is 12.3. The Morgan fingerprint density at radius 1 is 0.333 bits per heavy atom. The Labute approximate surface area is 447 Å². The summed E-state index contributed by atoms with van der Waals surface area (Å²) in [6, 6.07) is 21.1. The maximum Gasteiger partial charge on any atom is 0.338 e. The van der Waals surface area contributed by atoms with Crippen LogP contribution in [0.25, 0.3) is 16.7 Å². The van der Waals surface area contributed by atoms with Gasteiger partial charge in [-0.3, -0.25) is 0 Å². The van der Waals surface area contributed by atoms with E-state index in [4.69, 9.17) is 63.2 Å². The predicted molar refractivity (Wildman–Crippen MR) is 297 cm³/mol. The Morgan fingerprint density at radius 3 is 0.819 bits per heavy atom. The van der Waals surface area contributed by atoms with Crippen molar-refractivity contribution in [2.45, 2.75) is 160 Å². The summed E-state index contributed by atoms with van der Waals surface area (Å²) in [6.45, 7) is 16.1. The third-order valence-electron chi connectivity index (χ3n) is 12.4. The number of ether oxygens (including phenoxy) is 6. The van der Waals surface area contributed by atoms with Crippen molar-refractivity contribution in [3.8, 4) is 0 Å². The van der Waals surface area contributed by atoms with E-state index in [0.717, 1.165) is 126 Å². The maximum atomic E-state index is 12.3. The fourth-order valence-electron chi connectivity index (χ4n) is 7.89. The Hall–Kier alpha value is -3.96. The molecule has 12 heteroatoms. The molecule has 0 radical (unpaired) electrons. The summed E-state index contributed by atoms with van der Waals surface area (Å²) < 4.78 is 34.8. The molecule has 0 spiro atoms. The average molecular weight is 1050 g/mol. The number of hydrogen-bond acceptors (Lipinski definition) is 9. The van der Waals surface area contributed by atoms with Crippen molar-refractivity contribution < 1.29 is 42.8 Å². The standard InChI is InChI=1S/C60H83Cl3O9/c1-48(51-28-34-54(61)35-29-51)58(64)70-43-25-19-13-6-4-10-16-22-40-67-46-57(69-42-24-18-12-8-9-15-21-27-45-72-60(66)50(3)53-32-38-56(63)39-33-53)47-68-41-23-17-11-5-7-14-20-26-44-71-59(65)49(2)52-30-36-55(62)37-31-52/h28-39,57H,1-27,40-47H2. The molecule has 0 bridgehead atoms. The van der Waals surface area contributed by atoms with Crippen molar-refractivity contribution in [3.05, 3.63) is 124 Å². The summed E-state index contributed by atoms with van der Waals surface area (Å²) in [5.41, 5.74) is 3.22. The molecule has 398 valence electrons. The molecule has 3 aromatic carbocycles. The second kappa shape index (κ2) is 40.4. The van der Waals surface area contributed by atoms with E-state index in [1.807, 2.05) is 0 Å². The van der Waals surface area contributed by atoms with Gasteiger partial charge in [0.15, 0.2) is 0 Å². The highest BCUT2D eigenvalue weighted by molar-refractivity contribution is 6.31. The van der Waals surface area contributed by atoms with Gasteiger partial charge < -0.3 is 28.4 Å². The molecule has 0 unspecified atom stereocenters. The molecular formula is C60H83Cl3O9. The molecule has 0 saturated carbocycles. The van der Waals surface area contributed by atoms with Crippen LogP contribution in [0.3, 0.4) is 0 Å². The second-order valence-corrected chi connectivity index (χ2v) is 19.8. The number of halogens is 3. The van der Waals surface area contributed by atoms with E-state index in [1.165, 1.54) is 57.8 Å². The van der Waals surface area contributed by atoms with Gasteiger partial charge in [0.1, 0.15) is 6.10 Å². The molecule has 0 aromatic heterocycles. The molecule has 0 fully saturated rings. The first kappa shape index (κ1) is 62.3. The van der Waals surface area contributed by atoms with Crippen molar-refractivity contribution >= 4 is 69.4 Å². The van der Waals surface area contributed by atoms with Gasteiger partial charge in [0.25, 0.3) is 0 Å². The van der Waals surface area contributed by atoms with E-state index in [-0.39, 0.29) is 24.0 Å². The summed E-state index contributed by atoms with van der Waals surface area (Å²) in [4.78, 5) is 36.9. The molecule has 3 rings (SSSR count). The van der Waals surface area contributed by atoms with Gasteiger partial charge in [-0.05, 0) is 91.6 Å². The fourth-order valence-corrected chi connectivity index (χ4v) is 8.26. The van der Waals surface area contributed by atoms with Crippen LogP contribution in [-0.2, 0) is 42.8 Å². The molecule has 0 aliphatic carbocycles. The van der Waals surface area contributed by atoms with E-state index in [9.17, 15) is 14.4 Å². The van der Waals surface area contributed by atoms with Crippen LogP contribution in [0.15, 0.2) is 92.5 Å². The lowest BCUT2D eigenvalue weighted by atomic mass is 10.1. The number of hydrogen-bond donors (Lipinski definition) is 0.